The molecule has 2 aliphatic rings. The molecule has 0 amide bonds. The third-order valence-corrected chi connectivity index (χ3v) is 5.07. The highest BCUT2D eigenvalue weighted by Crippen LogP contribution is 2.30. The predicted octanol–water partition coefficient (Wildman–Crippen LogP) is 2.39. The molecule has 2 fully saturated rings. The lowest BCUT2D eigenvalue weighted by Gasteiger charge is -2.21. The molecule has 16 heavy (non-hydrogen) atoms. The number of nitrogens with one attached hydrogen (secondary N) is 2. The molecule has 0 aromatic rings. The molecule has 0 aromatic carbocycles. The van der Waals surface area contributed by atoms with Gasteiger partial charge in [0.15, 0.2) is 0 Å². The van der Waals surface area contributed by atoms with Crippen molar-refractivity contribution in [3.63, 3.8) is 0 Å². The minimum absolute atomic E-state index is 0.783. The van der Waals surface area contributed by atoms with Gasteiger partial charge in [-0.25, -0.2) is 0 Å². The van der Waals surface area contributed by atoms with Crippen LogP contribution < -0.4 is 10.6 Å². The first-order chi connectivity index (χ1) is 7.88. The molecule has 2 N–H and O–H groups in total. The molecule has 94 valence electrons. The number of hydrogen-bond donors (Lipinski definition) is 2. The van der Waals surface area contributed by atoms with Gasteiger partial charge in [-0.15, -0.1) is 0 Å². The van der Waals surface area contributed by atoms with Crippen LogP contribution in [0.2, 0.25) is 0 Å². The van der Waals surface area contributed by atoms with Crippen LogP contribution in [0, 0.1) is 0 Å². The first-order valence-electron chi connectivity index (χ1n) is 6.97. The van der Waals surface area contributed by atoms with Crippen LogP contribution in [0.3, 0.4) is 0 Å². The van der Waals surface area contributed by atoms with Crippen molar-refractivity contribution in [2.24, 2.45) is 0 Å². The summed E-state index contributed by atoms with van der Waals surface area (Å²) in [7, 11) is 0. The first kappa shape index (κ1) is 12.7. The largest absolute Gasteiger partial charge is 0.317 e. The van der Waals surface area contributed by atoms with Gasteiger partial charge in [0.2, 0.25) is 0 Å². The van der Waals surface area contributed by atoms with Gasteiger partial charge in [-0.2, -0.15) is 11.8 Å². The molecule has 2 rings (SSSR count). The SMILES string of the molecule is CCSC1CCC(NC2CCCNCC2)C1. The summed E-state index contributed by atoms with van der Waals surface area (Å²) in [5.74, 6) is 1.28. The third-order valence-electron chi connectivity index (χ3n) is 3.83. The van der Waals surface area contributed by atoms with Gasteiger partial charge in [0.1, 0.15) is 0 Å². The highest BCUT2D eigenvalue weighted by atomic mass is 32.2. The molecule has 0 aromatic heterocycles. The Morgan fingerprint density at radius 1 is 1.12 bits per heavy atom. The standard InChI is InChI=1S/C13H26N2S/c1-2-16-13-6-5-12(10-13)15-11-4-3-8-14-9-7-11/h11-15H,2-10H2,1H3. The minimum Gasteiger partial charge on any atom is -0.317 e. The Balaban J connectivity index is 1.69. The highest BCUT2D eigenvalue weighted by molar-refractivity contribution is 7.99. The van der Waals surface area contributed by atoms with E-state index in [-0.39, 0.29) is 0 Å². The maximum Gasteiger partial charge on any atom is 0.00822 e. The van der Waals surface area contributed by atoms with Gasteiger partial charge in [0.25, 0.3) is 0 Å². The van der Waals surface area contributed by atoms with E-state index in [1.165, 1.54) is 57.4 Å². The average Bonchev–Trinajstić information content (AvgIpc) is 2.56. The Bertz CT molecular complexity index is 190. The molecule has 2 nitrogen and oxygen atoms in total. The highest BCUT2D eigenvalue weighted by Gasteiger charge is 2.26. The summed E-state index contributed by atoms with van der Waals surface area (Å²) in [6.45, 7) is 4.71. The Morgan fingerprint density at radius 3 is 2.94 bits per heavy atom. The second-order valence-corrected chi connectivity index (χ2v) is 6.71. The lowest BCUT2D eigenvalue weighted by atomic mass is 10.1. The molecule has 1 aliphatic heterocycles. The fourth-order valence-corrected chi connectivity index (χ4v) is 4.14. The van der Waals surface area contributed by atoms with Crippen molar-refractivity contribution < 1.29 is 0 Å². The van der Waals surface area contributed by atoms with Gasteiger partial charge < -0.3 is 10.6 Å². The van der Waals surface area contributed by atoms with Gasteiger partial charge in [-0.1, -0.05) is 6.92 Å². The summed E-state index contributed by atoms with van der Waals surface area (Å²) in [4.78, 5) is 0. The summed E-state index contributed by atoms with van der Waals surface area (Å²) < 4.78 is 0. The van der Waals surface area contributed by atoms with Crippen molar-refractivity contribution in [1.29, 1.82) is 0 Å². The van der Waals surface area contributed by atoms with E-state index in [4.69, 9.17) is 0 Å². The fraction of sp³-hybridized carbons (Fsp3) is 1.00. The average molecular weight is 242 g/mol. The Hall–Kier alpha value is 0.270. The fourth-order valence-electron chi connectivity index (χ4n) is 3.00. The molecule has 1 saturated heterocycles. The first-order valence-corrected chi connectivity index (χ1v) is 8.01. The van der Waals surface area contributed by atoms with Gasteiger partial charge in [-0.05, 0) is 57.4 Å². The number of thioether (sulfide) groups is 1. The Kier molecular flexibility index (Phi) is 5.46. The van der Waals surface area contributed by atoms with Crippen LogP contribution >= 0.6 is 11.8 Å². The molecule has 1 saturated carbocycles. The predicted molar refractivity (Wildman–Crippen MR) is 73.2 cm³/mol. The maximum atomic E-state index is 3.89. The van der Waals surface area contributed by atoms with E-state index in [2.05, 4.69) is 29.3 Å². The lowest BCUT2D eigenvalue weighted by molar-refractivity contribution is 0.402. The van der Waals surface area contributed by atoms with E-state index in [0.29, 0.717) is 0 Å². The minimum atomic E-state index is 0.783. The maximum absolute atomic E-state index is 3.89. The Morgan fingerprint density at radius 2 is 2.06 bits per heavy atom. The molecule has 3 atom stereocenters. The van der Waals surface area contributed by atoms with Crippen LogP contribution in [0.25, 0.3) is 0 Å². The van der Waals surface area contributed by atoms with E-state index in [0.717, 1.165) is 17.3 Å². The summed E-state index contributed by atoms with van der Waals surface area (Å²) in [6, 6.07) is 1.59. The molecule has 3 unspecified atom stereocenters. The van der Waals surface area contributed by atoms with E-state index < -0.39 is 0 Å². The Labute approximate surface area is 104 Å². The van der Waals surface area contributed by atoms with Gasteiger partial charge in [-0.3, -0.25) is 0 Å². The number of rotatable bonds is 4. The zero-order valence-electron chi connectivity index (χ0n) is 10.5. The second kappa shape index (κ2) is 6.87. The van der Waals surface area contributed by atoms with Gasteiger partial charge in [0.05, 0.1) is 0 Å². The monoisotopic (exact) mass is 242 g/mol. The lowest BCUT2D eigenvalue weighted by Crippen LogP contribution is -2.37. The topological polar surface area (TPSA) is 24.1 Å². The van der Waals surface area contributed by atoms with Crippen LogP contribution in [-0.4, -0.2) is 36.2 Å². The molecular formula is C13H26N2S. The van der Waals surface area contributed by atoms with Crippen LogP contribution in [0.15, 0.2) is 0 Å². The van der Waals surface area contributed by atoms with E-state index in [1.807, 2.05) is 0 Å². The summed E-state index contributed by atoms with van der Waals surface area (Å²) in [5, 5.41) is 8.32. The summed E-state index contributed by atoms with van der Waals surface area (Å²) >= 11 is 2.16. The zero-order valence-corrected chi connectivity index (χ0v) is 11.3. The normalized spacial score (nSPS) is 36.2. The van der Waals surface area contributed by atoms with Crippen molar-refractivity contribution in [2.75, 3.05) is 18.8 Å². The third kappa shape index (κ3) is 3.94. The van der Waals surface area contributed by atoms with Crippen molar-refractivity contribution in [3.8, 4) is 0 Å². The van der Waals surface area contributed by atoms with Crippen molar-refractivity contribution >= 4 is 11.8 Å². The van der Waals surface area contributed by atoms with Crippen molar-refractivity contribution in [1.82, 2.24) is 10.6 Å². The molecule has 1 heterocycles. The summed E-state index contributed by atoms with van der Waals surface area (Å²) in [5.41, 5.74) is 0. The molecule has 0 bridgehead atoms. The van der Waals surface area contributed by atoms with E-state index >= 15 is 0 Å². The molecule has 3 heteroatoms. The summed E-state index contributed by atoms with van der Waals surface area (Å²) in [6.07, 6.45) is 8.28. The quantitative estimate of drug-likeness (QED) is 0.791. The number of hydrogen-bond acceptors (Lipinski definition) is 3. The van der Waals surface area contributed by atoms with Crippen LogP contribution in [0.4, 0.5) is 0 Å². The van der Waals surface area contributed by atoms with Crippen LogP contribution in [-0.2, 0) is 0 Å². The zero-order chi connectivity index (χ0) is 11.2. The van der Waals surface area contributed by atoms with Crippen LogP contribution in [0.1, 0.15) is 45.4 Å². The molecule has 1 aliphatic carbocycles. The second-order valence-electron chi connectivity index (χ2n) is 5.13. The molecule has 0 radical (unpaired) electrons. The molecule has 0 spiro atoms. The van der Waals surface area contributed by atoms with Gasteiger partial charge >= 0.3 is 0 Å². The molecular weight excluding hydrogens is 216 g/mol. The van der Waals surface area contributed by atoms with Crippen LogP contribution in [0.5, 0.6) is 0 Å². The van der Waals surface area contributed by atoms with Gasteiger partial charge in [0, 0.05) is 17.3 Å². The van der Waals surface area contributed by atoms with E-state index in [1.54, 1.807) is 0 Å². The smallest absolute Gasteiger partial charge is 0.00822 e. The van der Waals surface area contributed by atoms with Crippen molar-refractivity contribution in [2.45, 2.75) is 62.8 Å². The van der Waals surface area contributed by atoms with Crippen molar-refractivity contribution in [3.05, 3.63) is 0 Å². The van der Waals surface area contributed by atoms with E-state index in [9.17, 15) is 0 Å².